The molecule has 0 spiro atoms. The highest BCUT2D eigenvalue weighted by atomic mass is 16.2. The standard InChI is InChI=1S/C22H29N3O2/c1-17(2)14-24(15-20-10-7-13-23(20)3)21(26)16-25(19-11-12-19)22(27)18-8-5-4-6-9-18/h4-10,13,17,19H,11-12,14-16H2,1-3H3. The van der Waals surface area contributed by atoms with E-state index in [0.717, 1.165) is 18.5 Å². The summed E-state index contributed by atoms with van der Waals surface area (Å²) in [5.74, 6) is 0.337. The highest BCUT2D eigenvalue weighted by Crippen LogP contribution is 2.28. The zero-order chi connectivity index (χ0) is 19.4. The van der Waals surface area contributed by atoms with E-state index < -0.39 is 0 Å². The summed E-state index contributed by atoms with van der Waals surface area (Å²) in [6.07, 6.45) is 3.95. The van der Waals surface area contributed by atoms with Crippen molar-refractivity contribution in [2.45, 2.75) is 39.3 Å². The maximum atomic E-state index is 13.1. The van der Waals surface area contributed by atoms with E-state index in [1.165, 1.54) is 0 Å². The molecule has 2 amide bonds. The van der Waals surface area contributed by atoms with Crippen LogP contribution in [0.1, 0.15) is 42.7 Å². The molecule has 0 N–H and O–H groups in total. The van der Waals surface area contributed by atoms with E-state index in [4.69, 9.17) is 0 Å². The van der Waals surface area contributed by atoms with Crippen molar-refractivity contribution in [3.63, 3.8) is 0 Å². The summed E-state index contributed by atoms with van der Waals surface area (Å²) >= 11 is 0. The van der Waals surface area contributed by atoms with Gasteiger partial charge in [0.15, 0.2) is 0 Å². The minimum atomic E-state index is -0.0465. The summed E-state index contributed by atoms with van der Waals surface area (Å²) in [4.78, 5) is 29.7. The maximum Gasteiger partial charge on any atom is 0.254 e. The van der Waals surface area contributed by atoms with Crippen LogP contribution in [-0.4, -0.2) is 45.3 Å². The van der Waals surface area contributed by atoms with E-state index in [-0.39, 0.29) is 24.4 Å². The Kier molecular flexibility index (Phi) is 5.99. The summed E-state index contributed by atoms with van der Waals surface area (Å²) in [5, 5.41) is 0. The molecule has 0 aliphatic heterocycles. The average molecular weight is 367 g/mol. The molecule has 1 aliphatic rings. The second-order valence-electron chi connectivity index (χ2n) is 7.81. The monoisotopic (exact) mass is 367 g/mol. The predicted octanol–water partition coefficient (Wildman–Crippen LogP) is 3.31. The molecule has 5 heteroatoms. The Morgan fingerprint density at radius 1 is 1.11 bits per heavy atom. The van der Waals surface area contributed by atoms with E-state index in [2.05, 4.69) is 13.8 Å². The lowest BCUT2D eigenvalue weighted by Gasteiger charge is -2.29. The van der Waals surface area contributed by atoms with Crippen molar-refractivity contribution in [1.29, 1.82) is 0 Å². The van der Waals surface area contributed by atoms with Crippen LogP contribution in [0.25, 0.3) is 0 Å². The Labute approximate surface area is 161 Å². The van der Waals surface area contributed by atoms with Gasteiger partial charge in [0.25, 0.3) is 5.91 Å². The molecule has 0 saturated heterocycles. The van der Waals surface area contributed by atoms with Crippen LogP contribution >= 0.6 is 0 Å². The Bertz CT molecular complexity index is 778. The molecule has 1 heterocycles. The lowest BCUT2D eigenvalue weighted by molar-refractivity contribution is -0.133. The zero-order valence-corrected chi connectivity index (χ0v) is 16.5. The van der Waals surface area contributed by atoms with Crippen LogP contribution in [0.2, 0.25) is 0 Å². The van der Waals surface area contributed by atoms with Gasteiger partial charge in [0.1, 0.15) is 6.54 Å². The third-order valence-corrected chi connectivity index (χ3v) is 4.92. The summed E-state index contributed by atoms with van der Waals surface area (Å²) < 4.78 is 2.04. The molecule has 5 nitrogen and oxygen atoms in total. The highest BCUT2D eigenvalue weighted by Gasteiger charge is 2.35. The number of carbonyl (C=O) groups is 2. The molecular weight excluding hydrogens is 338 g/mol. The number of nitrogens with zero attached hydrogens (tertiary/aromatic N) is 3. The Hall–Kier alpha value is -2.56. The lowest BCUT2D eigenvalue weighted by Crippen LogP contribution is -2.45. The van der Waals surface area contributed by atoms with Crippen LogP contribution in [0.5, 0.6) is 0 Å². The molecule has 0 unspecified atom stereocenters. The molecule has 27 heavy (non-hydrogen) atoms. The fourth-order valence-electron chi connectivity index (χ4n) is 3.30. The SMILES string of the molecule is CC(C)CN(Cc1cccn1C)C(=O)CN(C(=O)c1ccccc1)C1CC1. The molecule has 1 aliphatic carbocycles. The quantitative estimate of drug-likeness (QED) is 0.718. The van der Waals surface area contributed by atoms with Gasteiger partial charge in [-0.3, -0.25) is 9.59 Å². The van der Waals surface area contributed by atoms with Gasteiger partial charge in [-0.25, -0.2) is 0 Å². The van der Waals surface area contributed by atoms with Crippen LogP contribution in [0.15, 0.2) is 48.7 Å². The number of amides is 2. The van der Waals surface area contributed by atoms with Gasteiger partial charge in [0.2, 0.25) is 5.91 Å². The van der Waals surface area contributed by atoms with Crippen LogP contribution in [0.4, 0.5) is 0 Å². The molecule has 144 valence electrons. The van der Waals surface area contributed by atoms with E-state index >= 15 is 0 Å². The number of benzene rings is 1. The van der Waals surface area contributed by atoms with Crippen molar-refractivity contribution in [2.24, 2.45) is 13.0 Å². The predicted molar refractivity (Wildman–Crippen MR) is 106 cm³/mol. The van der Waals surface area contributed by atoms with Crippen LogP contribution in [-0.2, 0) is 18.4 Å². The van der Waals surface area contributed by atoms with Crippen LogP contribution < -0.4 is 0 Å². The van der Waals surface area contributed by atoms with E-state index in [0.29, 0.717) is 24.6 Å². The van der Waals surface area contributed by atoms with Crippen molar-refractivity contribution in [1.82, 2.24) is 14.4 Å². The van der Waals surface area contributed by atoms with Gasteiger partial charge in [-0.15, -0.1) is 0 Å². The first-order valence-corrected chi connectivity index (χ1v) is 9.69. The van der Waals surface area contributed by atoms with Gasteiger partial charge < -0.3 is 14.4 Å². The molecule has 0 atom stereocenters. The second kappa shape index (κ2) is 8.42. The Morgan fingerprint density at radius 3 is 2.37 bits per heavy atom. The molecule has 1 aromatic heterocycles. The molecule has 1 saturated carbocycles. The van der Waals surface area contributed by atoms with E-state index in [1.54, 1.807) is 4.90 Å². The first kappa shape index (κ1) is 19.2. The average Bonchev–Trinajstić information content (AvgIpc) is 3.42. The maximum absolute atomic E-state index is 13.1. The largest absolute Gasteiger partial charge is 0.353 e. The van der Waals surface area contributed by atoms with Crippen molar-refractivity contribution in [2.75, 3.05) is 13.1 Å². The van der Waals surface area contributed by atoms with Crippen molar-refractivity contribution in [3.8, 4) is 0 Å². The number of carbonyl (C=O) groups excluding carboxylic acids is 2. The minimum absolute atomic E-state index is 0.0149. The Morgan fingerprint density at radius 2 is 1.81 bits per heavy atom. The number of aromatic nitrogens is 1. The molecule has 0 radical (unpaired) electrons. The first-order valence-electron chi connectivity index (χ1n) is 9.69. The van der Waals surface area contributed by atoms with Crippen LogP contribution in [0, 0.1) is 5.92 Å². The van der Waals surface area contributed by atoms with Gasteiger partial charge in [-0.05, 0) is 43.0 Å². The fraction of sp³-hybridized carbons (Fsp3) is 0.455. The van der Waals surface area contributed by atoms with Gasteiger partial charge in [0, 0.05) is 37.1 Å². The third kappa shape index (κ3) is 5.00. The highest BCUT2D eigenvalue weighted by molar-refractivity contribution is 5.96. The first-order chi connectivity index (χ1) is 13.0. The number of hydrogen-bond acceptors (Lipinski definition) is 2. The van der Waals surface area contributed by atoms with Crippen molar-refractivity contribution < 1.29 is 9.59 Å². The van der Waals surface area contributed by atoms with Gasteiger partial charge in [-0.1, -0.05) is 32.0 Å². The summed E-state index contributed by atoms with van der Waals surface area (Å²) in [7, 11) is 1.99. The Balaban J connectivity index is 1.73. The molecular formula is C22H29N3O2. The number of rotatable bonds is 8. The summed E-state index contributed by atoms with van der Waals surface area (Å²) in [5.41, 5.74) is 1.74. The number of aryl methyl sites for hydroxylation is 1. The lowest BCUT2D eigenvalue weighted by atomic mass is 10.1. The summed E-state index contributed by atoms with van der Waals surface area (Å²) in [6.45, 7) is 5.62. The van der Waals surface area contributed by atoms with E-state index in [9.17, 15) is 9.59 Å². The third-order valence-electron chi connectivity index (χ3n) is 4.92. The minimum Gasteiger partial charge on any atom is -0.353 e. The van der Waals surface area contributed by atoms with Crippen LogP contribution in [0.3, 0.4) is 0 Å². The molecule has 3 rings (SSSR count). The van der Waals surface area contributed by atoms with Crippen molar-refractivity contribution in [3.05, 3.63) is 59.9 Å². The van der Waals surface area contributed by atoms with Gasteiger partial charge >= 0.3 is 0 Å². The molecule has 1 aromatic carbocycles. The molecule has 2 aromatic rings. The molecule has 1 fully saturated rings. The smallest absolute Gasteiger partial charge is 0.254 e. The summed E-state index contributed by atoms with van der Waals surface area (Å²) in [6, 6.07) is 13.5. The zero-order valence-electron chi connectivity index (χ0n) is 16.5. The normalized spacial score (nSPS) is 13.6. The number of hydrogen-bond donors (Lipinski definition) is 0. The second-order valence-corrected chi connectivity index (χ2v) is 7.81. The van der Waals surface area contributed by atoms with Crippen molar-refractivity contribution >= 4 is 11.8 Å². The van der Waals surface area contributed by atoms with Gasteiger partial charge in [-0.2, -0.15) is 0 Å². The topological polar surface area (TPSA) is 45.6 Å². The van der Waals surface area contributed by atoms with E-state index in [1.807, 2.05) is 65.2 Å². The van der Waals surface area contributed by atoms with Gasteiger partial charge in [0.05, 0.1) is 6.54 Å². The fourth-order valence-corrected chi connectivity index (χ4v) is 3.30. The molecule has 0 bridgehead atoms.